The third-order valence-corrected chi connectivity index (χ3v) is 8.53. The molecule has 0 saturated carbocycles. The van der Waals surface area contributed by atoms with Crippen molar-refractivity contribution in [1.29, 1.82) is 0 Å². The minimum Gasteiger partial charge on any atom is -0.492 e. The van der Waals surface area contributed by atoms with Crippen LogP contribution in [0.4, 0.5) is 18.9 Å². The number of aryl methyl sites for hydroxylation is 1. The molecule has 0 bridgehead atoms. The lowest BCUT2D eigenvalue weighted by molar-refractivity contribution is -0.137. The highest BCUT2D eigenvalue weighted by atomic mass is 32.2. The molecule has 2 aromatic rings. The van der Waals surface area contributed by atoms with Crippen molar-refractivity contribution in [3.05, 3.63) is 53.1 Å². The number of halogens is 3. The summed E-state index contributed by atoms with van der Waals surface area (Å²) < 4.78 is 84.7. The fraction of sp³-hybridized carbons (Fsp3) is 0.480. The number of nitrogens with zero attached hydrogens (tertiary/aromatic N) is 1. The standard InChI is InChI=1S/C25H28F3NO6S/c1-16-3-4-18-5-6-19(25(26,27)28)13-22(18)29(16)36(31,32)20-7-8-23(21(14-20)24(30)33-2)35-15-17-9-11-34-12-10-17/h5-8,13-14,16-17H,3-4,9-12,15H2,1-2H3/t16-/m0/s1. The van der Waals surface area contributed by atoms with E-state index in [1.54, 1.807) is 6.92 Å². The first kappa shape index (κ1) is 26.3. The molecular formula is C25H28F3NO6S. The zero-order chi connectivity index (χ0) is 26.1. The van der Waals surface area contributed by atoms with Crippen LogP contribution in [-0.4, -0.2) is 47.4 Å². The van der Waals surface area contributed by atoms with Gasteiger partial charge in [0.1, 0.15) is 11.3 Å². The molecule has 2 aromatic carbocycles. The molecule has 0 aliphatic carbocycles. The van der Waals surface area contributed by atoms with E-state index in [0.29, 0.717) is 38.2 Å². The maximum Gasteiger partial charge on any atom is 0.416 e. The Morgan fingerprint density at radius 3 is 2.50 bits per heavy atom. The number of carbonyl (C=O) groups is 1. The summed E-state index contributed by atoms with van der Waals surface area (Å²) in [4.78, 5) is 12.3. The van der Waals surface area contributed by atoms with E-state index in [-0.39, 0.29) is 27.8 Å². The zero-order valence-corrected chi connectivity index (χ0v) is 20.8. The first-order chi connectivity index (χ1) is 17.0. The number of anilines is 1. The molecule has 1 fully saturated rings. The number of carbonyl (C=O) groups excluding carboxylic acids is 1. The number of hydrogen-bond acceptors (Lipinski definition) is 6. The maximum absolute atomic E-state index is 13.7. The van der Waals surface area contributed by atoms with Crippen LogP contribution in [0.15, 0.2) is 41.3 Å². The van der Waals surface area contributed by atoms with Gasteiger partial charge in [0.15, 0.2) is 0 Å². The van der Waals surface area contributed by atoms with Gasteiger partial charge in [0, 0.05) is 19.3 Å². The van der Waals surface area contributed by atoms with E-state index in [4.69, 9.17) is 14.2 Å². The van der Waals surface area contributed by atoms with E-state index in [2.05, 4.69) is 0 Å². The molecule has 0 radical (unpaired) electrons. The van der Waals surface area contributed by atoms with Crippen LogP contribution in [-0.2, 0) is 32.1 Å². The van der Waals surface area contributed by atoms with E-state index in [1.807, 2.05) is 0 Å². The monoisotopic (exact) mass is 527 g/mol. The Kier molecular flexibility index (Phi) is 7.51. The van der Waals surface area contributed by atoms with Crippen LogP contribution in [0.3, 0.4) is 0 Å². The lowest BCUT2D eigenvalue weighted by Gasteiger charge is -2.36. The molecule has 0 spiro atoms. The van der Waals surface area contributed by atoms with Crippen molar-refractivity contribution >= 4 is 21.7 Å². The number of ether oxygens (including phenoxy) is 3. The molecule has 4 rings (SSSR count). The molecule has 0 amide bonds. The van der Waals surface area contributed by atoms with Crippen LogP contribution in [0.25, 0.3) is 0 Å². The molecule has 7 nitrogen and oxygen atoms in total. The van der Waals surface area contributed by atoms with Crippen LogP contribution < -0.4 is 9.04 Å². The van der Waals surface area contributed by atoms with E-state index in [1.165, 1.54) is 25.3 Å². The van der Waals surface area contributed by atoms with Crippen LogP contribution in [0.2, 0.25) is 0 Å². The summed E-state index contributed by atoms with van der Waals surface area (Å²) in [6.07, 6.45) is -2.11. The number of alkyl halides is 3. The fourth-order valence-corrected chi connectivity index (χ4v) is 6.28. The highest BCUT2D eigenvalue weighted by Gasteiger charge is 2.38. The average molecular weight is 528 g/mol. The third-order valence-electron chi connectivity index (χ3n) is 6.61. The van der Waals surface area contributed by atoms with Crippen molar-refractivity contribution in [2.75, 3.05) is 31.2 Å². The Hall–Kier alpha value is -2.79. The molecular weight excluding hydrogens is 499 g/mol. The summed E-state index contributed by atoms with van der Waals surface area (Å²) in [6, 6.07) is 6.41. The minimum absolute atomic E-state index is 0.0111. The van der Waals surface area contributed by atoms with Crippen LogP contribution in [0.5, 0.6) is 5.75 Å². The Bertz CT molecular complexity index is 1220. The average Bonchev–Trinajstić information content (AvgIpc) is 2.86. The number of methoxy groups -OCH3 is 1. The van der Waals surface area contributed by atoms with E-state index < -0.39 is 33.8 Å². The van der Waals surface area contributed by atoms with Gasteiger partial charge >= 0.3 is 12.1 Å². The molecule has 1 saturated heterocycles. The number of rotatable bonds is 6. The van der Waals surface area contributed by atoms with Gasteiger partial charge in [-0.25, -0.2) is 13.2 Å². The fourth-order valence-electron chi connectivity index (χ4n) is 4.54. The van der Waals surface area contributed by atoms with Gasteiger partial charge in [0.05, 0.1) is 29.9 Å². The minimum atomic E-state index is -4.62. The van der Waals surface area contributed by atoms with Gasteiger partial charge in [-0.15, -0.1) is 0 Å². The lowest BCUT2D eigenvalue weighted by Crippen LogP contribution is -2.42. The topological polar surface area (TPSA) is 82.1 Å². The van der Waals surface area contributed by atoms with Crippen molar-refractivity contribution in [2.45, 2.75) is 49.7 Å². The number of benzene rings is 2. The van der Waals surface area contributed by atoms with Gasteiger partial charge in [-0.1, -0.05) is 6.07 Å². The maximum atomic E-state index is 13.7. The molecule has 0 N–H and O–H groups in total. The zero-order valence-electron chi connectivity index (χ0n) is 20.0. The Labute approximate surface area is 208 Å². The van der Waals surface area contributed by atoms with Crippen molar-refractivity contribution in [3.8, 4) is 5.75 Å². The van der Waals surface area contributed by atoms with Crippen molar-refractivity contribution in [1.82, 2.24) is 0 Å². The van der Waals surface area contributed by atoms with Gasteiger partial charge in [0.25, 0.3) is 10.0 Å². The van der Waals surface area contributed by atoms with Gasteiger partial charge in [-0.3, -0.25) is 4.31 Å². The summed E-state index contributed by atoms with van der Waals surface area (Å²) in [5, 5.41) is 0. The number of sulfonamides is 1. The molecule has 0 aromatic heterocycles. The molecule has 2 aliphatic heterocycles. The third kappa shape index (κ3) is 5.31. The Morgan fingerprint density at radius 2 is 1.83 bits per heavy atom. The first-order valence-electron chi connectivity index (χ1n) is 11.7. The lowest BCUT2D eigenvalue weighted by atomic mass is 9.97. The van der Waals surface area contributed by atoms with Crippen LogP contribution >= 0.6 is 0 Å². The first-order valence-corrected chi connectivity index (χ1v) is 13.1. The quantitative estimate of drug-likeness (QED) is 0.501. The highest BCUT2D eigenvalue weighted by Crippen LogP contribution is 2.40. The Balaban J connectivity index is 1.71. The van der Waals surface area contributed by atoms with Crippen molar-refractivity contribution < 1.29 is 40.6 Å². The molecule has 36 heavy (non-hydrogen) atoms. The second-order valence-electron chi connectivity index (χ2n) is 9.05. The molecule has 196 valence electrons. The smallest absolute Gasteiger partial charge is 0.416 e. The second kappa shape index (κ2) is 10.3. The van der Waals surface area contributed by atoms with E-state index in [9.17, 15) is 26.4 Å². The van der Waals surface area contributed by atoms with Gasteiger partial charge in [-0.05, 0) is 74.4 Å². The van der Waals surface area contributed by atoms with E-state index >= 15 is 0 Å². The van der Waals surface area contributed by atoms with Gasteiger partial charge in [-0.2, -0.15) is 13.2 Å². The summed E-state index contributed by atoms with van der Waals surface area (Å²) in [7, 11) is -3.14. The number of fused-ring (bicyclic) bond motifs is 1. The largest absolute Gasteiger partial charge is 0.492 e. The predicted octanol–water partition coefficient (Wildman–Crippen LogP) is 4.83. The highest BCUT2D eigenvalue weighted by molar-refractivity contribution is 7.92. The SMILES string of the molecule is COC(=O)c1cc(S(=O)(=O)N2c3cc(C(F)(F)F)ccc3CC[C@@H]2C)ccc1OCC1CCOCC1. The van der Waals surface area contributed by atoms with Gasteiger partial charge in [0.2, 0.25) is 0 Å². The normalized spacial score (nSPS) is 19.0. The number of esters is 1. The van der Waals surface area contributed by atoms with E-state index in [0.717, 1.165) is 35.3 Å². The summed E-state index contributed by atoms with van der Waals surface area (Å²) in [5.74, 6) is -0.361. The molecule has 11 heteroatoms. The molecule has 1 atom stereocenters. The van der Waals surface area contributed by atoms with Gasteiger partial charge < -0.3 is 14.2 Å². The summed E-state index contributed by atoms with van der Waals surface area (Å²) in [5.41, 5.74) is -0.500. The summed E-state index contributed by atoms with van der Waals surface area (Å²) >= 11 is 0. The molecule has 2 aliphatic rings. The predicted molar refractivity (Wildman–Crippen MR) is 126 cm³/mol. The summed E-state index contributed by atoms with van der Waals surface area (Å²) in [6.45, 7) is 3.23. The Morgan fingerprint density at radius 1 is 1.11 bits per heavy atom. The second-order valence-corrected chi connectivity index (χ2v) is 10.9. The molecule has 0 unspecified atom stereocenters. The van der Waals surface area contributed by atoms with Crippen molar-refractivity contribution in [3.63, 3.8) is 0 Å². The van der Waals surface area contributed by atoms with Crippen LogP contribution in [0.1, 0.15) is 47.7 Å². The number of hydrogen-bond donors (Lipinski definition) is 0. The van der Waals surface area contributed by atoms with Crippen molar-refractivity contribution in [2.24, 2.45) is 5.92 Å². The van der Waals surface area contributed by atoms with Crippen LogP contribution in [0, 0.1) is 5.92 Å². The molecule has 2 heterocycles.